The van der Waals surface area contributed by atoms with Crippen LogP contribution in [0.5, 0.6) is 0 Å². The lowest BCUT2D eigenvalue weighted by Gasteiger charge is -2.02. The summed E-state index contributed by atoms with van der Waals surface area (Å²) in [5, 5.41) is 6.85. The highest BCUT2D eigenvalue weighted by molar-refractivity contribution is 7.14. The van der Waals surface area contributed by atoms with E-state index in [1.165, 1.54) is 12.3 Å². The van der Waals surface area contributed by atoms with Crippen molar-refractivity contribution in [2.45, 2.75) is 13.3 Å². The number of anilines is 1. The molecule has 0 saturated heterocycles. The number of carbonyl (C=O) groups excluding carboxylic acids is 2. The van der Waals surface area contributed by atoms with Crippen LogP contribution in [0, 0.1) is 11.6 Å². The minimum Gasteiger partial charge on any atom is -0.356 e. The number of hydrogen-bond donors (Lipinski definition) is 2. The zero-order valence-corrected chi connectivity index (χ0v) is 12.5. The van der Waals surface area contributed by atoms with E-state index in [9.17, 15) is 18.4 Å². The predicted molar refractivity (Wildman–Crippen MR) is 79.4 cm³/mol. The number of thiazole rings is 1. The molecular weight excluding hydrogens is 312 g/mol. The number of carbonyl (C=O) groups is 2. The third-order valence-corrected chi connectivity index (χ3v) is 3.44. The van der Waals surface area contributed by atoms with Gasteiger partial charge in [-0.1, -0.05) is 0 Å². The van der Waals surface area contributed by atoms with Gasteiger partial charge in [0, 0.05) is 30.8 Å². The van der Waals surface area contributed by atoms with Gasteiger partial charge in [0.1, 0.15) is 11.6 Å². The van der Waals surface area contributed by atoms with Gasteiger partial charge in [-0.25, -0.2) is 13.8 Å². The van der Waals surface area contributed by atoms with Crippen LogP contribution in [-0.2, 0) is 9.59 Å². The highest BCUT2D eigenvalue weighted by atomic mass is 32.1. The molecule has 1 aromatic heterocycles. The molecule has 2 rings (SSSR count). The number of amides is 2. The van der Waals surface area contributed by atoms with Crippen molar-refractivity contribution in [3.63, 3.8) is 0 Å². The van der Waals surface area contributed by atoms with Gasteiger partial charge in [0.2, 0.25) is 11.8 Å². The fraction of sp³-hybridized carbons (Fsp3) is 0.214. The first-order valence-electron chi connectivity index (χ1n) is 6.41. The molecule has 0 aliphatic carbocycles. The summed E-state index contributed by atoms with van der Waals surface area (Å²) in [7, 11) is 0. The molecule has 2 amide bonds. The molecule has 0 radical (unpaired) electrons. The fourth-order valence-corrected chi connectivity index (χ4v) is 2.41. The zero-order chi connectivity index (χ0) is 16.1. The monoisotopic (exact) mass is 325 g/mol. The quantitative estimate of drug-likeness (QED) is 0.887. The van der Waals surface area contributed by atoms with Crippen molar-refractivity contribution in [2.75, 3.05) is 11.9 Å². The molecule has 22 heavy (non-hydrogen) atoms. The molecule has 5 nitrogen and oxygen atoms in total. The smallest absolute Gasteiger partial charge is 0.227 e. The van der Waals surface area contributed by atoms with Gasteiger partial charge in [-0.15, -0.1) is 11.3 Å². The van der Waals surface area contributed by atoms with Crippen LogP contribution in [-0.4, -0.2) is 23.3 Å². The number of hydrogen-bond acceptors (Lipinski definition) is 4. The minimum absolute atomic E-state index is 0.0370. The zero-order valence-electron chi connectivity index (χ0n) is 11.7. The first-order chi connectivity index (χ1) is 10.5. The first-order valence-corrected chi connectivity index (χ1v) is 7.29. The normalized spacial score (nSPS) is 10.3. The number of halogens is 2. The lowest BCUT2D eigenvalue weighted by atomic mass is 10.1. The summed E-state index contributed by atoms with van der Waals surface area (Å²) in [6.07, 6.45) is 0.100. The second-order valence-corrected chi connectivity index (χ2v) is 5.30. The van der Waals surface area contributed by atoms with Gasteiger partial charge in [-0.05, 0) is 18.2 Å². The highest BCUT2D eigenvalue weighted by Crippen LogP contribution is 2.27. The topological polar surface area (TPSA) is 71.1 Å². The number of rotatable bonds is 5. The van der Waals surface area contributed by atoms with Crippen LogP contribution in [0.1, 0.15) is 13.3 Å². The summed E-state index contributed by atoms with van der Waals surface area (Å²) in [6.45, 7) is 1.58. The summed E-state index contributed by atoms with van der Waals surface area (Å²) in [4.78, 5) is 26.4. The van der Waals surface area contributed by atoms with Crippen LogP contribution in [0.25, 0.3) is 11.3 Å². The largest absolute Gasteiger partial charge is 0.356 e. The second kappa shape index (κ2) is 7.08. The maximum Gasteiger partial charge on any atom is 0.227 e. The van der Waals surface area contributed by atoms with Crippen molar-refractivity contribution in [3.8, 4) is 11.3 Å². The number of aromatic nitrogens is 1. The molecular formula is C14H13F2N3O2S. The molecule has 0 spiro atoms. The Hall–Kier alpha value is -2.35. The van der Waals surface area contributed by atoms with Crippen molar-refractivity contribution >= 4 is 28.3 Å². The van der Waals surface area contributed by atoms with Crippen LogP contribution >= 0.6 is 11.3 Å². The van der Waals surface area contributed by atoms with Crippen LogP contribution in [0.15, 0.2) is 23.6 Å². The summed E-state index contributed by atoms with van der Waals surface area (Å²) in [6, 6.07) is 3.10. The number of benzene rings is 1. The predicted octanol–water partition coefficient (Wildman–Crippen LogP) is 2.55. The van der Waals surface area contributed by atoms with E-state index in [0.717, 1.165) is 29.5 Å². The molecule has 0 bridgehead atoms. The van der Waals surface area contributed by atoms with E-state index < -0.39 is 11.6 Å². The Morgan fingerprint density at radius 3 is 2.82 bits per heavy atom. The average molecular weight is 325 g/mol. The summed E-state index contributed by atoms with van der Waals surface area (Å²) in [5.41, 5.74) is 0.286. The summed E-state index contributed by atoms with van der Waals surface area (Å²) in [5.74, 6) is -1.69. The molecule has 1 heterocycles. The molecule has 0 atom stereocenters. The molecule has 0 fully saturated rings. The SMILES string of the molecule is CC(=O)NCCC(=O)Nc1nc(-c2cc(F)ccc2F)cs1. The lowest BCUT2D eigenvalue weighted by Crippen LogP contribution is -2.25. The molecule has 1 aromatic carbocycles. The van der Waals surface area contributed by atoms with Gasteiger partial charge < -0.3 is 10.6 Å². The average Bonchev–Trinajstić information content (AvgIpc) is 2.89. The molecule has 116 valence electrons. The van der Waals surface area contributed by atoms with E-state index in [0.29, 0.717) is 0 Å². The molecule has 0 unspecified atom stereocenters. The Morgan fingerprint density at radius 1 is 1.32 bits per heavy atom. The van der Waals surface area contributed by atoms with E-state index in [2.05, 4.69) is 15.6 Å². The van der Waals surface area contributed by atoms with Gasteiger partial charge in [0.25, 0.3) is 0 Å². The first kappa shape index (κ1) is 16.0. The van der Waals surface area contributed by atoms with E-state index in [-0.39, 0.29) is 41.2 Å². The Morgan fingerprint density at radius 2 is 2.09 bits per heavy atom. The van der Waals surface area contributed by atoms with Crippen LogP contribution in [0.2, 0.25) is 0 Å². The third kappa shape index (κ3) is 4.32. The number of nitrogens with zero attached hydrogens (tertiary/aromatic N) is 1. The lowest BCUT2D eigenvalue weighted by molar-refractivity contribution is -0.119. The van der Waals surface area contributed by atoms with Crippen molar-refractivity contribution in [3.05, 3.63) is 35.2 Å². The van der Waals surface area contributed by atoms with Crippen molar-refractivity contribution in [1.29, 1.82) is 0 Å². The van der Waals surface area contributed by atoms with Crippen molar-refractivity contribution in [1.82, 2.24) is 10.3 Å². The maximum absolute atomic E-state index is 13.6. The summed E-state index contributed by atoms with van der Waals surface area (Å²) < 4.78 is 26.8. The fourth-order valence-electron chi connectivity index (χ4n) is 1.68. The van der Waals surface area contributed by atoms with E-state index >= 15 is 0 Å². The van der Waals surface area contributed by atoms with E-state index in [4.69, 9.17) is 0 Å². The van der Waals surface area contributed by atoms with E-state index in [1.807, 2.05) is 0 Å². The molecule has 8 heteroatoms. The molecule has 2 aromatic rings. The highest BCUT2D eigenvalue weighted by Gasteiger charge is 2.12. The van der Waals surface area contributed by atoms with Gasteiger partial charge in [-0.3, -0.25) is 9.59 Å². The third-order valence-electron chi connectivity index (χ3n) is 2.68. The second-order valence-electron chi connectivity index (χ2n) is 4.44. The maximum atomic E-state index is 13.6. The van der Waals surface area contributed by atoms with Crippen LogP contribution in [0.3, 0.4) is 0 Å². The minimum atomic E-state index is -0.588. The van der Waals surface area contributed by atoms with E-state index in [1.54, 1.807) is 0 Å². The molecule has 0 aliphatic rings. The van der Waals surface area contributed by atoms with Crippen LogP contribution in [0.4, 0.5) is 13.9 Å². The Balaban J connectivity index is 2.01. The van der Waals surface area contributed by atoms with Crippen molar-refractivity contribution in [2.24, 2.45) is 0 Å². The van der Waals surface area contributed by atoms with Crippen molar-refractivity contribution < 1.29 is 18.4 Å². The van der Waals surface area contributed by atoms with Gasteiger partial charge in [-0.2, -0.15) is 0 Å². The van der Waals surface area contributed by atoms with Gasteiger partial charge in [0.15, 0.2) is 5.13 Å². The molecule has 0 aliphatic heterocycles. The standard InChI is InChI=1S/C14H13F2N3O2S/c1-8(20)17-5-4-13(21)19-14-18-12(7-22-14)10-6-9(15)2-3-11(10)16/h2-3,6-7H,4-5H2,1H3,(H,17,20)(H,18,19,21). The Bertz CT molecular complexity index is 703. The van der Waals surface area contributed by atoms with Gasteiger partial charge in [0.05, 0.1) is 5.69 Å². The summed E-state index contributed by atoms with van der Waals surface area (Å²) >= 11 is 1.11. The Kier molecular flexibility index (Phi) is 5.16. The molecule has 2 N–H and O–H groups in total. The van der Waals surface area contributed by atoms with Gasteiger partial charge >= 0.3 is 0 Å². The number of nitrogens with one attached hydrogen (secondary N) is 2. The van der Waals surface area contributed by atoms with Crippen LogP contribution < -0.4 is 10.6 Å². The molecule has 0 saturated carbocycles. The Labute approximate surface area is 129 Å².